The number of ether oxygens (including phenoxy) is 3. The summed E-state index contributed by atoms with van der Waals surface area (Å²) >= 11 is 0. The molecule has 0 amide bonds. The number of sulfonamides is 1. The lowest BCUT2D eigenvalue weighted by atomic mass is 9.83. The maximum Gasteiger partial charge on any atom is 0.211 e. The van der Waals surface area contributed by atoms with Crippen molar-refractivity contribution in [1.29, 1.82) is 0 Å². The molecular weight excluding hydrogens is 356 g/mol. The third kappa shape index (κ3) is 3.69. The zero-order valence-corrected chi connectivity index (χ0v) is 16.4. The predicted octanol–water partition coefficient (Wildman–Crippen LogP) is 1.32. The van der Waals surface area contributed by atoms with Gasteiger partial charge in [0.05, 0.1) is 32.7 Å². The van der Waals surface area contributed by atoms with Gasteiger partial charge in [-0.1, -0.05) is 6.07 Å². The molecule has 0 spiro atoms. The monoisotopic (exact) mass is 384 g/mol. The van der Waals surface area contributed by atoms with E-state index in [2.05, 4.69) is 0 Å². The standard InChI is InChI=1S/C18H28N2O5S/c1-23-15-5-4-13-14(18(15)24-2)10-16(25-17(13)11-19)12-6-8-20(9-7-12)26(3,21)22/h4-5,12,16-17H,6-11,19H2,1-3H3/t16-,17-/m0/s1. The van der Waals surface area contributed by atoms with Crippen LogP contribution in [0.3, 0.4) is 0 Å². The minimum atomic E-state index is -3.13. The molecule has 0 aromatic heterocycles. The number of nitrogens with zero attached hydrogens (tertiary/aromatic N) is 1. The van der Waals surface area contributed by atoms with Crippen molar-refractivity contribution in [2.45, 2.75) is 31.5 Å². The summed E-state index contributed by atoms with van der Waals surface area (Å²) in [5, 5.41) is 0. The van der Waals surface area contributed by atoms with Crippen LogP contribution in [0.4, 0.5) is 0 Å². The lowest BCUT2D eigenvalue weighted by Gasteiger charge is -2.40. The Hall–Kier alpha value is -1.35. The first-order chi connectivity index (χ1) is 12.4. The van der Waals surface area contributed by atoms with Crippen LogP contribution in [0, 0.1) is 5.92 Å². The van der Waals surface area contributed by atoms with Crippen LogP contribution in [0.2, 0.25) is 0 Å². The van der Waals surface area contributed by atoms with Gasteiger partial charge in [-0.25, -0.2) is 12.7 Å². The predicted molar refractivity (Wildman–Crippen MR) is 99.1 cm³/mol. The number of fused-ring (bicyclic) bond motifs is 1. The Bertz CT molecular complexity index is 744. The second-order valence-electron chi connectivity index (χ2n) is 6.97. The molecule has 8 heteroatoms. The van der Waals surface area contributed by atoms with E-state index < -0.39 is 10.0 Å². The van der Waals surface area contributed by atoms with Crippen molar-refractivity contribution >= 4 is 10.0 Å². The van der Waals surface area contributed by atoms with Crippen LogP contribution in [-0.4, -0.2) is 58.9 Å². The first kappa shape index (κ1) is 19.4. The summed E-state index contributed by atoms with van der Waals surface area (Å²) in [4.78, 5) is 0. The van der Waals surface area contributed by atoms with Crippen LogP contribution >= 0.6 is 0 Å². The molecule has 2 aliphatic rings. The number of hydrogen-bond acceptors (Lipinski definition) is 6. The molecular formula is C18H28N2O5S. The summed E-state index contributed by atoms with van der Waals surface area (Å²) in [5.74, 6) is 1.74. The second kappa shape index (κ2) is 7.72. The molecule has 26 heavy (non-hydrogen) atoms. The normalized spacial score (nSPS) is 24.9. The Balaban J connectivity index is 1.83. The van der Waals surface area contributed by atoms with Crippen molar-refractivity contribution in [3.63, 3.8) is 0 Å². The van der Waals surface area contributed by atoms with Crippen molar-refractivity contribution in [2.75, 3.05) is 40.1 Å². The number of piperidine rings is 1. The van der Waals surface area contributed by atoms with Crippen LogP contribution in [0.15, 0.2) is 12.1 Å². The minimum Gasteiger partial charge on any atom is -0.493 e. The Labute approximate surface area is 155 Å². The van der Waals surface area contributed by atoms with Gasteiger partial charge < -0.3 is 19.9 Å². The molecule has 146 valence electrons. The molecule has 2 atom stereocenters. The van der Waals surface area contributed by atoms with Crippen LogP contribution < -0.4 is 15.2 Å². The minimum absolute atomic E-state index is 0.00114. The number of benzene rings is 1. The largest absolute Gasteiger partial charge is 0.493 e. The summed E-state index contributed by atoms with van der Waals surface area (Å²) in [6.45, 7) is 1.47. The van der Waals surface area contributed by atoms with Gasteiger partial charge in [0, 0.05) is 31.6 Å². The van der Waals surface area contributed by atoms with Gasteiger partial charge in [-0.05, 0) is 30.4 Å². The summed E-state index contributed by atoms with van der Waals surface area (Å²) in [7, 11) is 0.143. The fourth-order valence-electron chi connectivity index (χ4n) is 4.09. The molecule has 0 unspecified atom stereocenters. The SMILES string of the molecule is COc1ccc2c(c1OC)C[C@@H](C1CCN(S(C)(=O)=O)CC1)O[C@H]2CN. The van der Waals surface area contributed by atoms with Crippen molar-refractivity contribution in [3.05, 3.63) is 23.3 Å². The molecule has 2 aliphatic heterocycles. The summed E-state index contributed by atoms with van der Waals surface area (Å²) in [6, 6.07) is 3.88. The highest BCUT2D eigenvalue weighted by Gasteiger charge is 2.37. The van der Waals surface area contributed by atoms with E-state index in [1.54, 1.807) is 18.5 Å². The molecule has 0 bridgehead atoms. The van der Waals surface area contributed by atoms with Crippen LogP contribution in [0.1, 0.15) is 30.1 Å². The van der Waals surface area contributed by atoms with E-state index in [-0.39, 0.29) is 12.2 Å². The molecule has 3 rings (SSSR count). The number of methoxy groups -OCH3 is 2. The van der Waals surface area contributed by atoms with Crippen LogP contribution in [-0.2, 0) is 21.2 Å². The first-order valence-corrected chi connectivity index (χ1v) is 10.8. The van der Waals surface area contributed by atoms with E-state index in [0.29, 0.717) is 31.3 Å². The highest BCUT2D eigenvalue weighted by molar-refractivity contribution is 7.88. The second-order valence-corrected chi connectivity index (χ2v) is 8.95. The molecule has 1 aromatic carbocycles. The van der Waals surface area contributed by atoms with E-state index in [0.717, 1.165) is 36.1 Å². The van der Waals surface area contributed by atoms with E-state index in [1.165, 1.54) is 6.26 Å². The topological polar surface area (TPSA) is 91.1 Å². The molecule has 7 nitrogen and oxygen atoms in total. The lowest BCUT2D eigenvalue weighted by Crippen LogP contribution is -2.43. The van der Waals surface area contributed by atoms with Crippen molar-refractivity contribution in [2.24, 2.45) is 11.7 Å². The number of rotatable bonds is 5. The molecule has 2 N–H and O–H groups in total. The third-order valence-corrected chi connectivity index (χ3v) is 6.79. The maximum atomic E-state index is 11.7. The highest BCUT2D eigenvalue weighted by Crippen LogP contribution is 2.43. The van der Waals surface area contributed by atoms with Gasteiger partial charge in [0.25, 0.3) is 0 Å². The van der Waals surface area contributed by atoms with Gasteiger partial charge in [-0.3, -0.25) is 0 Å². The summed E-state index contributed by atoms with van der Waals surface area (Å²) in [6.07, 6.45) is 3.38. The quantitative estimate of drug-likeness (QED) is 0.823. The molecule has 1 fully saturated rings. The van der Waals surface area contributed by atoms with Gasteiger partial charge in [-0.15, -0.1) is 0 Å². The van der Waals surface area contributed by atoms with E-state index in [1.807, 2.05) is 12.1 Å². The van der Waals surface area contributed by atoms with Gasteiger partial charge in [-0.2, -0.15) is 0 Å². The maximum absolute atomic E-state index is 11.7. The summed E-state index contributed by atoms with van der Waals surface area (Å²) < 4.78 is 42.4. The van der Waals surface area contributed by atoms with Gasteiger partial charge in [0.2, 0.25) is 10.0 Å². The van der Waals surface area contributed by atoms with Gasteiger partial charge in [0.15, 0.2) is 11.5 Å². The van der Waals surface area contributed by atoms with Crippen LogP contribution in [0.25, 0.3) is 0 Å². The van der Waals surface area contributed by atoms with Crippen molar-refractivity contribution in [3.8, 4) is 11.5 Å². The Morgan fingerprint density at radius 2 is 1.92 bits per heavy atom. The average molecular weight is 384 g/mol. The zero-order chi connectivity index (χ0) is 18.9. The van der Waals surface area contributed by atoms with Gasteiger partial charge >= 0.3 is 0 Å². The molecule has 0 radical (unpaired) electrons. The zero-order valence-electron chi connectivity index (χ0n) is 15.6. The molecule has 1 saturated heterocycles. The van der Waals surface area contributed by atoms with Gasteiger partial charge in [0.1, 0.15) is 0 Å². The highest BCUT2D eigenvalue weighted by atomic mass is 32.2. The fourth-order valence-corrected chi connectivity index (χ4v) is 4.97. The van der Waals surface area contributed by atoms with Crippen molar-refractivity contribution in [1.82, 2.24) is 4.31 Å². The lowest BCUT2D eigenvalue weighted by molar-refractivity contribution is -0.0612. The smallest absolute Gasteiger partial charge is 0.211 e. The Kier molecular flexibility index (Phi) is 5.76. The molecule has 1 aromatic rings. The number of hydrogen-bond donors (Lipinski definition) is 1. The fraction of sp³-hybridized carbons (Fsp3) is 0.667. The molecule has 0 saturated carbocycles. The van der Waals surface area contributed by atoms with E-state index >= 15 is 0 Å². The molecule has 2 heterocycles. The molecule has 0 aliphatic carbocycles. The Morgan fingerprint density at radius 3 is 2.46 bits per heavy atom. The third-order valence-electron chi connectivity index (χ3n) is 5.48. The average Bonchev–Trinajstić information content (AvgIpc) is 2.65. The van der Waals surface area contributed by atoms with Crippen molar-refractivity contribution < 1.29 is 22.6 Å². The number of nitrogens with two attached hydrogens (primary N) is 1. The summed E-state index contributed by atoms with van der Waals surface area (Å²) in [5.41, 5.74) is 8.10. The van der Waals surface area contributed by atoms with E-state index in [9.17, 15) is 8.42 Å². The van der Waals surface area contributed by atoms with Crippen LogP contribution in [0.5, 0.6) is 11.5 Å². The first-order valence-electron chi connectivity index (χ1n) is 8.93. The Morgan fingerprint density at radius 1 is 1.23 bits per heavy atom. The van der Waals surface area contributed by atoms with E-state index in [4.69, 9.17) is 19.9 Å².